The summed E-state index contributed by atoms with van der Waals surface area (Å²) in [5.74, 6) is -1.22. The van der Waals surface area contributed by atoms with Gasteiger partial charge in [-0.1, -0.05) is 29.8 Å². The SMILES string of the molecule is CC(=O)N(c1ccccc1)c1nc(/C=C/C(=O)Nc2ccc(Cl)c(F)c2)cs1. The van der Waals surface area contributed by atoms with Gasteiger partial charge in [-0.3, -0.25) is 14.5 Å². The maximum absolute atomic E-state index is 13.4. The van der Waals surface area contributed by atoms with Gasteiger partial charge in [0.2, 0.25) is 11.8 Å². The van der Waals surface area contributed by atoms with E-state index < -0.39 is 11.7 Å². The third-order valence-corrected chi connectivity index (χ3v) is 4.77. The zero-order valence-electron chi connectivity index (χ0n) is 14.7. The van der Waals surface area contributed by atoms with Crippen LogP contribution in [0.25, 0.3) is 6.08 Å². The molecule has 5 nitrogen and oxygen atoms in total. The molecule has 3 aromatic rings. The molecule has 1 N–H and O–H groups in total. The summed E-state index contributed by atoms with van der Waals surface area (Å²) < 4.78 is 13.4. The van der Waals surface area contributed by atoms with Crippen molar-refractivity contribution in [1.29, 1.82) is 0 Å². The molecule has 0 atom stereocenters. The summed E-state index contributed by atoms with van der Waals surface area (Å²) in [6, 6.07) is 13.2. The van der Waals surface area contributed by atoms with Crippen LogP contribution in [0.5, 0.6) is 0 Å². The van der Waals surface area contributed by atoms with Crippen molar-refractivity contribution in [1.82, 2.24) is 4.98 Å². The van der Waals surface area contributed by atoms with E-state index in [1.54, 1.807) is 5.38 Å². The summed E-state index contributed by atoms with van der Waals surface area (Å²) in [5.41, 5.74) is 1.53. The predicted octanol–water partition coefficient (Wildman–Crippen LogP) is 5.27. The van der Waals surface area contributed by atoms with Crippen LogP contribution < -0.4 is 10.2 Å². The summed E-state index contributed by atoms with van der Waals surface area (Å²) in [6.07, 6.45) is 2.80. The highest BCUT2D eigenvalue weighted by Crippen LogP contribution is 2.29. The maximum Gasteiger partial charge on any atom is 0.248 e. The average Bonchev–Trinajstić information content (AvgIpc) is 3.12. The van der Waals surface area contributed by atoms with Crippen molar-refractivity contribution >= 4 is 57.3 Å². The summed E-state index contributed by atoms with van der Waals surface area (Å²) in [4.78, 5) is 29.9. The molecular formula is C20H15ClFN3O2S. The lowest BCUT2D eigenvalue weighted by Gasteiger charge is -2.17. The minimum absolute atomic E-state index is 0.0167. The van der Waals surface area contributed by atoms with Gasteiger partial charge in [0.05, 0.1) is 16.4 Å². The average molecular weight is 416 g/mol. The monoisotopic (exact) mass is 415 g/mol. The van der Waals surface area contributed by atoms with Crippen molar-refractivity contribution in [3.05, 3.63) is 76.5 Å². The molecule has 0 aliphatic carbocycles. The predicted molar refractivity (Wildman–Crippen MR) is 110 cm³/mol. The smallest absolute Gasteiger partial charge is 0.248 e. The molecule has 0 saturated heterocycles. The molecule has 2 amide bonds. The Kier molecular flexibility index (Phi) is 6.18. The van der Waals surface area contributed by atoms with E-state index in [4.69, 9.17) is 11.6 Å². The zero-order valence-corrected chi connectivity index (χ0v) is 16.3. The van der Waals surface area contributed by atoms with Crippen LogP contribution in [0.1, 0.15) is 12.6 Å². The molecule has 1 aromatic heterocycles. The van der Waals surface area contributed by atoms with E-state index in [0.29, 0.717) is 22.2 Å². The maximum atomic E-state index is 13.4. The molecule has 0 fully saturated rings. The first kappa shape index (κ1) is 19.7. The van der Waals surface area contributed by atoms with Gasteiger partial charge in [0, 0.05) is 24.1 Å². The van der Waals surface area contributed by atoms with Crippen molar-refractivity contribution < 1.29 is 14.0 Å². The molecule has 28 heavy (non-hydrogen) atoms. The molecule has 0 saturated carbocycles. The number of hydrogen-bond acceptors (Lipinski definition) is 4. The second-order valence-electron chi connectivity index (χ2n) is 5.70. The Hall–Kier alpha value is -3.03. The van der Waals surface area contributed by atoms with Crippen LogP contribution in [0.15, 0.2) is 60.0 Å². The Labute approximate surface area is 170 Å². The van der Waals surface area contributed by atoms with E-state index >= 15 is 0 Å². The van der Waals surface area contributed by atoms with Crippen molar-refractivity contribution in [2.45, 2.75) is 6.92 Å². The quantitative estimate of drug-likeness (QED) is 0.577. The van der Waals surface area contributed by atoms with Crippen molar-refractivity contribution in [3.63, 3.8) is 0 Å². The summed E-state index contributed by atoms with van der Waals surface area (Å²) in [5, 5.41) is 4.76. The number of benzene rings is 2. The topological polar surface area (TPSA) is 62.3 Å². The van der Waals surface area contributed by atoms with E-state index in [-0.39, 0.29) is 10.9 Å². The van der Waals surface area contributed by atoms with Crippen LogP contribution in [0.2, 0.25) is 5.02 Å². The van der Waals surface area contributed by atoms with Gasteiger partial charge in [-0.15, -0.1) is 11.3 Å². The second-order valence-corrected chi connectivity index (χ2v) is 6.94. The fourth-order valence-corrected chi connectivity index (χ4v) is 3.35. The van der Waals surface area contributed by atoms with Crippen LogP contribution in [0.3, 0.4) is 0 Å². The standard InChI is InChI=1S/C20H15ClFN3O2S/c1-13(26)25(16-5-3-2-4-6-16)20-24-15(12-28-20)8-10-19(27)23-14-7-9-17(21)18(22)11-14/h2-12H,1H3,(H,23,27)/b10-8+. The molecule has 3 rings (SSSR count). The molecule has 0 unspecified atom stereocenters. The van der Waals surface area contributed by atoms with Crippen LogP contribution in [0, 0.1) is 5.82 Å². The van der Waals surface area contributed by atoms with Crippen LogP contribution >= 0.6 is 22.9 Å². The Morgan fingerprint density at radius 2 is 1.96 bits per heavy atom. The highest BCUT2D eigenvalue weighted by Gasteiger charge is 2.17. The zero-order chi connectivity index (χ0) is 20.1. The molecular weight excluding hydrogens is 401 g/mol. The van der Waals surface area contributed by atoms with Gasteiger partial charge in [-0.05, 0) is 36.4 Å². The normalized spacial score (nSPS) is 10.8. The first-order valence-corrected chi connectivity index (χ1v) is 9.45. The number of para-hydroxylation sites is 1. The van der Waals surface area contributed by atoms with Gasteiger partial charge in [-0.2, -0.15) is 0 Å². The molecule has 0 aliphatic rings. The van der Waals surface area contributed by atoms with Gasteiger partial charge in [0.1, 0.15) is 5.82 Å². The molecule has 8 heteroatoms. The lowest BCUT2D eigenvalue weighted by atomic mass is 10.3. The Bertz CT molecular complexity index is 1040. The van der Waals surface area contributed by atoms with Crippen LogP contribution in [0.4, 0.5) is 20.9 Å². The van der Waals surface area contributed by atoms with Crippen molar-refractivity contribution in [2.75, 3.05) is 10.2 Å². The minimum atomic E-state index is -0.613. The summed E-state index contributed by atoms with van der Waals surface area (Å²) in [7, 11) is 0. The Morgan fingerprint density at radius 3 is 2.64 bits per heavy atom. The number of nitrogens with one attached hydrogen (secondary N) is 1. The van der Waals surface area contributed by atoms with Gasteiger partial charge in [0.15, 0.2) is 5.13 Å². The molecule has 0 aliphatic heterocycles. The summed E-state index contributed by atoms with van der Waals surface area (Å²) >= 11 is 6.90. The number of amides is 2. The molecule has 0 spiro atoms. The van der Waals surface area contributed by atoms with Gasteiger partial charge in [0.25, 0.3) is 0 Å². The number of rotatable bonds is 5. The van der Waals surface area contributed by atoms with Gasteiger partial charge in [-0.25, -0.2) is 9.37 Å². The lowest BCUT2D eigenvalue weighted by Crippen LogP contribution is -2.22. The highest BCUT2D eigenvalue weighted by atomic mass is 35.5. The summed E-state index contributed by atoms with van der Waals surface area (Å²) in [6.45, 7) is 1.46. The van der Waals surface area contributed by atoms with E-state index in [0.717, 1.165) is 6.07 Å². The number of nitrogens with zero attached hydrogens (tertiary/aromatic N) is 2. The van der Waals surface area contributed by atoms with Crippen LogP contribution in [-0.2, 0) is 9.59 Å². The number of anilines is 3. The number of carbonyl (C=O) groups is 2. The fourth-order valence-electron chi connectivity index (χ4n) is 2.38. The number of thiazole rings is 1. The van der Waals surface area contributed by atoms with E-state index in [1.807, 2.05) is 30.3 Å². The molecule has 0 radical (unpaired) electrons. The number of carbonyl (C=O) groups excluding carboxylic acids is 2. The lowest BCUT2D eigenvalue weighted by molar-refractivity contribution is -0.116. The minimum Gasteiger partial charge on any atom is -0.322 e. The first-order chi connectivity index (χ1) is 13.4. The number of aromatic nitrogens is 1. The van der Waals surface area contributed by atoms with Gasteiger partial charge < -0.3 is 5.32 Å². The van der Waals surface area contributed by atoms with E-state index in [1.165, 1.54) is 47.4 Å². The second kappa shape index (κ2) is 8.77. The number of halogens is 2. The largest absolute Gasteiger partial charge is 0.322 e. The molecule has 2 aromatic carbocycles. The molecule has 142 valence electrons. The number of hydrogen-bond donors (Lipinski definition) is 1. The van der Waals surface area contributed by atoms with Crippen molar-refractivity contribution in [3.8, 4) is 0 Å². The highest BCUT2D eigenvalue weighted by molar-refractivity contribution is 7.14. The van der Waals surface area contributed by atoms with Crippen molar-refractivity contribution in [2.24, 2.45) is 0 Å². The van der Waals surface area contributed by atoms with Crippen LogP contribution in [-0.4, -0.2) is 16.8 Å². The van der Waals surface area contributed by atoms with Gasteiger partial charge >= 0.3 is 0 Å². The fraction of sp³-hybridized carbons (Fsp3) is 0.0500. The third-order valence-electron chi connectivity index (χ3n) is 3.62. The van der Waals surface area contributed by atoms with E-state index in [9.17, 15) is 14.0 Å². The third kappa shape index (κ3) is 4.82. The molecule has 0 bridgehead atoms. The first-order valence-electron chi connectivity index (χ1n) is 8.19. The van der Waals surface area contributed by atoms with E-state index in [2.05, 4.69) is 10.3 Å². The molecule has 1 heterocycles. The Balaban J connectivity index is 1.71. The Morgan fingerprint density at radius 1 is 1.21 bits per heavy atom.